The van der Waals surface area contributed by atoms with Crippen LogP contribution in [-0.4, -0.2) is 16.8 Å². The zero-order valence-electron chi connectivity index (χ0n) is 14.9. The number of hydrogen-bond acceptors (Lipinski definition) is 5. The van der Waals surface area contributed by atoms with Gasteiger partial charge in [-0.1, -0.05) is 18.2 Å². The Labute approximate surface area is 169 Å². The van der Waals surface area contributed by atoms with Crippen LogP contribution in [0.3, 0.4) is 0 Å². The molecule has 0 fully saturated rings. The molecule has 0 unspecified atom stereocenters. The molecular formula is C21H14FN3O3S. The molecule has 0 saturated heterocycles. The van der Waals surface area contributed by atoms with Crippen LogP contribution in [0.4, 0.5) is 15.2 Å². The fourth-order valence-electron chi connectivity index (χ4n) is 2.62. The Morgan fingerprint density at radius 1 is 0.966 bits per heavy atom. The molecule has 2 aromatic carbocycles. The van der Waals surface area contributed by atoms with Crippen molar-refractivity contribution in [2.75, 3.05) is 10.6 Å². The van der Waals surface area contributed by atoms with Crippen molar-refractivity contribution in [3.8, 4) is 11.3 Å². The van der Waals surface area contributed by atoms with E-state index >= 15 is 0 Å². The van der Waals surface area contributed by atoms with Crippen molar-refractivity contribution in [2.24, 2.45) is 0 Å². The number of hydrogen-bond donors (Lipinski definition) is 2. The van der Waals surface area contributed by atoms with Crippen LogP contribution in [-0.2, 0) is 0 Å². The van der Waals surface area contributed by atoms with E-state index in [1.54, 1.807) is 53.9 Å². The van der Waals surface area contributed by atoms with Crippen LogP contribution in [0.25, 0.3) is 11.3 Å². The van der Waals surface area contributed by atoms with E-state index in [2.05, 4.69) is 15.6 Å². The molecule has 0 atom stereocenters. The van der Waals surface area contributed by atoms with Gasteiger partial charge in [-0.25, -0.2) is 9.37 Å². The van der Waals surface area contributed by atoms with Crippen LogP contribution in [0, 0.1) is 5.82 Å². The van der Waals surface area contributed by atoms with Crippen molar-refractivity contribution in [2.45, 2.75) is 0 Å². The Hall–Kier alpha value is -3.78. The molecule has 144 valence electrons. The maximum Gasteiger partial charge on any atom is 0.291 e. The van der Waals surface area contributed by atoms with Crippen LogP contribution in [0.2, 0.25) is 0 Å². The van der Waals surface area contributed by atoms with Gasteiger partial charge in [0.15, 0.2) is 10.9 Å². The third-order valence-corrected chi connectivity index (χ3v) is 4.73. The highest BCUT2D eigenvalue weighted by Crippen LogP contribution is 2.26. The van der Waals surface area contributed by atoms with E-state index in [-0.39, 0.29) is 17.5 Å². The summed E-state index contributed by atoms with van der Waals surface area (Å²) in [4.78, 5) is 28.9. The van der Waals surface area contributed by atoms with Crippen molar-refractivity contribution in [3.05, 3.63) is 89.4 Å². The highest BCUT2D eigenvalue weighted by Gasteiger charge is 2.13. The molecule has 2 heterocycles. The maximum absolute atomic E-state index is 13.4. The van der Waals surface area contributed by atoms with E-state index < -0.39 is 5.91 Å². The summed E-state index contributed by atoms with van der Waals surface area (Å²) < 4.78 is 18.4. The Morgan fingerprint density at radius 2 is 1.83 bits per heavy atom. The minimum absolute atomic E-state index is 0.174. The van der Waals surface area contributed by atoms with Crippen LogP contribution in [0.5, 0.6) is 0 Å². The quantitative estimate of drug-likeness (QED) is 0.485. The van der Waals surface area contributed by atoms with E-state index in [4.69, 9.17) is 4.42 Å². The number of nitrogens with zero attached hydrogens (tertiary/aromatic N) is 1. The highest BCUT2D eigenvalue weighted by atomic mass is 32.1. The molecule has 0 spiro atoms. The lowest BCUT2D eigenvalue weighted by Gasteiger charge is -2.06. The van der Waals surface area contributed by atoms with Gasteiger partial charge in [0, 0.05) is 22.2 Å². The zero-order valence-corrected chi connectivity index (χ0v) is 15.7. The topological polar surface area (TPSA) is 84.2 Å². The van der Waals surface area contributed by atoms with E-state index in [1.807, 2.05) is 0 Å². The zero-order chi connectivity index (χ0) is 20.2. The van der Waals surface area contributed by atoms with Crippen molar-refractivity contribution in [3.63, 3.8) is 0 Å². The van der Waals surface area contributed by atoms with Gasteiger partial charge in [-0.3, -0.25) is 14.9 Å². The summed E-state index contributed by atoms with van der Waals surface area (Å²) in [5.74, 6) is -0.964. The van der Waals surface area contributed by atoms with E-state index in [0.717, 1.165) is 0 Å². The number of rotatable bonds is 5. The van der Waals surface area contributed by atoms with Crippen molar-refractivity contribution in [1.29, 1.82) is 0 Å². The molecule has 29 heavy (non-hydrogen) atoms. The third kappa shape index (κ3) is 4.39. The van der Waals surface area contributed by atoms with Crippen LogP contribution in [0.1, 0.15) is 20.9 Å². The summed E-state index contributed by atoms with van der Waals surface area (Å²) in [6.45, 7) is 0. The van der Waals surface area contributed by atoms with Gasteiger partial charge in [0.05, 0.1) is 12.0 Å². The van der Waals surface area contributed by atoms with Crippen LogP contribution < -0.4 is 10.6 Å². The van der Waals surface area contributed by atoms with Crippen molar-refractivity contribution < 1.29 is 18.4 Å². The molecule has 0 saturated carbocycles. The van der Waals surface area contributed by atoms with Crippen LogP contribution in [0.15, 0.2) is 76.7 Å². The molecule has 0 radical (unpaired) electrons. The molecule has 2 amide bonds. The number of furan rings is 1. The van der Waals surface area contributed by atoms with E-state index in [9.17, 15) is 14.0 Å². The summed E-state index contributed by atoms with van der Waals surface area (Å²) in [5, 5.41) is 7.52. The Bertz CT molecular complexity index is 1170. The minimum atomic E-state index is -0.410. The monoisotopic (exact) mass is 407 g/mol. The molecular weight excluding hydrogens is 393 g/mol. The number of benzene rings is 2. The fourth-order valence-corrected chi connectivity index (χ4v) is 3.33. The summed E-state index contributed by atoms with van der Waals surface area (Å²) in [6, 6.07) is 15.8. The molecule has 4 aromatic rings. The SMILES string of the molecule is O=C(Nc1nc(-c2cccc(F)c2)cs1)c1cccc(NC(=O)c2ccco2)c1. The van der Waals surface area contributed by atoms with Crippen LogP contribution >= 0.6 is 11.3 Å². The van der Waals surface area contributed by atoms with Gasteiger partial charge in [0.2, 0.25) is 0 Å². The van der Waals surface area contributed by atoms with Gasteiger partial charge in [-0.05, 0) is 42.5 Å². The largest absolute Gasteiger partial charge is 0.459 e. The molecule has 4 rings (SSSR count). The highest BCUT2D eigenvalue weighted by molar-refractivity contribution is 7.14. The molecule has 0 aliphatic heterocycles. The average molecular weight is 407 g/mol. The first kappa shape index (κ1) is 18.6. The summed E-state index contributed by atoms with van der Waals surface area (Å²) in [5.41, 5.74) is 2.01. The van der Waals surface area contributed by atoms with Gasteiger partial charge in [-0.15, -0.1) is 11.3 Å². The Balaban J connectivity index is 1.46. The summed E-state index contributed by atoms with van der Waals surface area (Å²) in [6.07, 6.45) is 1.41. The van der Waals surface area contributed by atoms with Gasteiger partial charge in [-0.2, -0.15) is 0 Å². The summed E-state index contributed by atoms with van der Waals surface area (Å²) >= 11 is 1.24. The predicted molar refractivity (Wildman–Crippen MR) is 109 cm³/mol. The number of aromatic nitrogens is 1. The second kappa shape index (κ2) is 8.07. The van der Waals surface area contributed by atoms with Gasteiger partial charge in [0.25, 0.3) is 11.8 Å². The number of halogens is 1. The molecule has 0 bridgehead atoms. The number of carbonyl (C=O) groups excluding carboxylic acids is 2. The normalized spacial score (nSPS) is 10.5. The number of carbonyl (C=O) groups is 2. The Morgan fingerprint density at radius 3 is 2.62 bits per heavy atom. The van der Waals surface area contributed by atoms with Crippen molar-refractivity contribution in [1.82, 2.24) is 4.98 Å². The van der Waals surface area contributed by atoms with Gasteiger partial charge < -0.3 is 9.73 Å². The lowest BCUT2D eigenvalue weighted by Crippen LogP contribution is -2.14. The number of thiazole rings is 1. The summed E-state index contributed by atoms with van der Waals surface area (Å²) in [7, 11) is 0. The first-order valence-electron chi connectivity index (χ1n) is 8.56. The second-order valence-corrected chi connectivity index (χ2v) is 6.87. The van der Waals surface area contributed by atoms with Gasteiger partial charge >= 0.3 is 0 Å². The van der Waals surface area contributed by atoms with Gasteiger partial charge in [0.1, 0.15) is 5.82 Å². The molecule has 2 aromatic heterocycles. The molecule has 2 N–H and O–H groups in total. The first-order valence-corrected chi connectivity index (χ1v) is 9.44. The average Bonchev–Trinajstić information content (AvgIpc) is 3.40. The standard InChI is InChI=1S/C21H14FN3O3S/c22-15-6-1-4-13(10-15)17-12-29-21(24-17)25-19(26)14-5-2-7-16(11-14)23-20(27)18-8-3-9-28-18/h1-12H,(H,23,27)(H,24,25,26). The minimum Gasteiger partial charge on any atom is -0.459 e. The second-order valence-electron chi connectivity index (χ2n) is 6.01. The van der Waals surface area contributed by atoms with Crippen molar-refractivity contribution >= 4 is 34.0 Å². The lowest BCUT2D eigenvalue weighted by molar-refractivity contribution is 0.0993. The van der Waals surface area contributed by atoms with E-state index in [1.165, 1.54) is 29.7 Å². The Kier molecular flexibility index (Phi) is 5.17. The predicted octanol–water partition coefficient (Wildman–Crippen LogP) is 5.05. The number of anilines is 2. The molecule has 0 aliphatic rings. The number of amides is 2. The maximum atomic E-state index is 13.4. The lowest BCUT2D eigenvalue weighted by atomic mass is 10.2. The van der Waals surface area contributed by atoms with E-state index in [0.29, 0.717) is 27.6 Å². The molecule has 6 nitrogen and oxygen atoms in total. The third-order valence-electron chi connectivity index (χ3n) is 3.97. The number of nitrogens with one attached hydrogen (secondary N) is 2. The molecule has 0 aliphatic carbocycles. The fraction of sp³-hybridized carbons (Fsp3) is 0. The smallest absolute Gasteiger partial charge is 0.291 e. The first-order chi connectivity index (χ1) is 14.1. The molecule has 8 heteroatoms.